The summed E-state index contributed by atoms with van der Waals surface area (Å²) in [7, 11) is 0. The Morgan fingerprint density at radius 2 is 0.943 bits per heavy atom. The first-order chi connectivity index (χ1) is 16.9. The number of anilines is 2. The van der Waals surface area contributed by atoms with Crippen LogP contribution >= 0.6 is 0 Å². The molecule has 184 valence electrons. The van der Waals surface area contributed by atoms with Crippen LogP contribution in [0.1, 0.15) is 11.1 Å². The van der Waals surface area contributed by atoms with Gasteiger partial charge in [0.15, 0.2) is 0 Å². The van der Waals surface area contributed by atoms with Gasteiger partial charge in [-0.2, -0.15) is 0 Å². The smallest absolute Gasteiger partial charge is 0.411 e. The fraction of sp³-hybridized carbons (Fsp3) is 0.200. The van der Waals surface area contributed by atoms with Gasteiger partial charge in [-0.1, -0.05) is 37.4 Å². The minimum Gasteiger partial charge on any atom is -0.459 e. The highest BCUT2D eigenvalue weighted by molar-refractivity contribution is 5.85. The van der Waals surface area contributed by atoms with Crippen molar-refractivity contribution in [3.05, 3.63) is 85.0 Å². The molecule has 0 radical (unpaired) electrons. The molecule has 0 aliphatic heterocycles. The predicted molar refractivity (Wildman–Crippen MR) is 128 cm³/mol. The molecule has 0 saturated carbocycles. The third-order valence-electron chi connectivity index (χ3n) is 4.26. The third-order valence-corrected chi connectivity index (χ3v) is 4.26. The van der Waals surface area contributed by atoms with Crippen LogP contribution in [0.2, 0.25) is 0 Å². The fourth-order valence-electron chi connectivity index (χ4n) is 2.63. The van der Waals surface area contributed by atoms with E-state index in [1.165, 1.54) is 0 Å². The topological polar surface area (TPSA) is 129 Å². The summed E-state index contributed by atoms with van der Waals surface area (Å²) < 4.78 is 19.3. The molecule has 0 unspecified atom stereocenters. The van der Waals surface area contributed by atoms with Crippen LogP contribution in [0.3, 0.4) is 0 Å². The van der Waals surface area contributed by atoms with E-state index in [-0.39, 0.29) is 26.4 Å². The van der Waals surface area contributed by atoms with Crippen LogP contribution in [0.25, 0.3) is 0 Å². The first kappa shape index (κ1) is 26.7. The number of esters is 2. The Labute approximate surface area is 202 Å². The van der Waals surface area contributed by atoms with Crippen LogP contribution in [0, 0.1) is 0 Å². The van der Waals surface area contributed by atoms with Crippen LogP contribution < -0.4 is 10.6 Å². The van der Waals surface area contributed by atoms with Gasteiger partial charge in [-0.3, -0.25) is 10.6 Å². The van der Waals surface area contributed by atoms with Gasteiger partial charge >= 0.3 is 24.1 Å². The highest BCUT2D eigenvalue weighted by Gasteiger charge is 2.06. The molecule has 0 aromatic heterocycles. The van der Waals surface area contributed by atoms with Gasteiger partial charge in [0.05, 0.1) is 0 Å². The number of benzene rings is 2. The molecule has 2 amide bonds. The summed E-state index contributed by atoms with van der Waals surface area (Å²) in [5, 5.41) is 5.17. The van der Waals surface area contributed by atoms with E-state index in [0.717, 1.165) is 23.3 Å². The minimum absolute atomic E-state index is 0.0556. The second-order valence-corrected chi connectivity index (χ2v) is 6.84. The summed E-state index contributed by atoms with van der Waals surface area (Å²) in [6, 6.07) is 14.4. The molecule has 10 nitrogen and oxygen atoms in total. The number of hydrogen-bond acceptors (Lipinski definition) is 8. The lowest BCUT2D eigenvalue weighted by molar-refractivity contribution is -0.139. The Morgan fingerprint density at radius 1 is 0.600 bits per heavy atom. The lowest BCUT2D eigenvalue weighted by Crippen LogP contribution is -2.17. The highest BCUT2D eigenvalue weighted by Crippen LogP contribution is 2.16. The summed E-state index contributed by atoms with van der Waals surface area (Å²) in [4.78, 5) is 45.3. The summed E-state index contributed by atoms with van der Waals surface area (Å²) in [5.41, 5.74) is 3.13. The van der Waals surface area contributed by atoms with Gasteiger partial charge in [0, 0.05) is 23.5 Å². The number of carbonyl (C=O) groups excluding carboxylic acids is 4. The van der Waals surface area contributed by atoms with E-state index >= 15 is 0 Å². The molecule has 2 N–H and O–H groups in total. The third kappa shape index (κ3) is 10.7. The van der Waals surface area contributed by atoms with Crippen molar-refractivity contribution in [1.29, 1.82) is 0 Å². The molecule has 0 saturated heterocycles. The van der Waals surface area contributed by atoms with Gasteiger partial charge in [-0.25, -0.2) is 19.2 Å². The maximum atomic E-state index is 11.8. The molecule has 0 heterocycles. The molecule has 0 spiro atoms. The highest BCUT2D eigenvalue weighted by atomic mass is 16.6. The molecular formula is C25H26N2O8. The van der Waals surface area contributed by atoms with Crippen molar-refractivity contribution < 1.29 is 38.1 Å². The zero-order chi connectivity index (χ0) is 25.5. The Hall–Kier alpha value is -4.60. The largest absolute Gasteiger partial charge is 0.459 e. The van der Waals surface area contributed by atoms with E-state index in [2.05, 4.69) is 23.8 Å². The monoisotopic (exact) mass is 482 g/mol. The van der Waals surface area contributed by atoms with E-state index in [0.29, 0.717) is 17.8 Å². The Kier molecular flexibility index (Phi) is 11.1. The summed E-state index contributed by atoms with van der Waals surface area (Å²) in [6.45, 7) is 6.28. The number of amides is 2. The van der Waals surface area contributed by atoms with Crippen LogP contribution in [0.5, 0.6) is 0 Å². The molecular weight excluding hydrogens is 456 g/mol. The van der Waals surface area contributed by atoms with Crippen LogP contribution in [0.15, 0.2) is 73.8 Å². The van der Waals surface area contributed by atoms with E-state index in [9.17, 15) is 19.2 Å². The molecule has 2 aromatic carbocycles. The van der Waals surface area contributed by atoms with Crippen molar-refractivity contribution >= 4 is 35.5 Å². The van der Waals surface area contributed by atoms with Gasteiger partial charge in [0.2, 0.25) is 0 Å². The number of ether oxygens (including phenoxy) is 4. The van der Waals surface area contributed by atoms with E-state index < -0.39 is 24.1 Å². The van der Waals surface area contributed by atoms with Crippen molar-refractivity contribution in [2.24, 2.45) is 0 Å². The predicted octanol–water partition coefficient (Wildman–Crippen LogP) is 3.83. The maximum absolute atomic E-state index is 11.8. The van der Waals surface area contributed by atoms with Crippen molar-refractivity contribution in [2.45, 2.75) is 6.42 Å². The Balaban J connectivity index is 1.73. The first-order valence-electron chi connectivity index (χ1n) is 10.5. The number of hydrogen-bond donors (Lipinski definition) is 2. The summed E-state index contributed by atoms with van der Waals surface area (Å²) in [5.74, 6) is -1.17. The van der Waals surface area contributed by atoms with Crippen LogP contribution in [0.4, 0.5) is 21.0 Å². The average Bonchev–Trinajstić information content (AvgIpc) is 2.86. The van der Waals surface area contributed by atoms with Crippen molar-refractivity contribution in [1.82, 2.24) is 0 Å². The molecule has 10 heteroatoms. The average molecular weight is 482 g/mol. The molecule has 0 aliphatic carbocycles. The number of rotatable bonds is 12. The lowest BCUT2D eigenvalue weighted by Gasteiger charge is -2.09. The molecule has 0 aliphatic rings. The van der Waals surface area contributed by atoms with Crippen molar-refractivity contribution in [3.63, 3.8) is 0 Å². The second kappa shape index (κ2) is 14.5. The zero-order valence-electron chi connectivity index (χ0n) is 19.0. The minimum atomic E-state index is -0.660. The van der Waals surface area contributed by atoms with Crippen LogP contribution in [-0.2, 0) is 35.0 Å². The lowest BCUT2D eigenvalue weighted by atomic mass is 10.0. The number of nitrogens with one attached hydrogen (secondary N) is 2. The molecule has 35 heavy (non-hydrogen) atoms. The van der Waals surface area contributed by atoms with Gasteiger partial charge in [0.1, 0.15) is 26.4 Å². The first-order valence-corrected chi connectivity index (χ1v) is 10.5. The molecule has 0 atom stereocenters. The van der Waals surface area contributed by atoms with Gasteiger partial charge in [-0.15, -0.1) is 0 Å². The molecule has 2 aromatic rings. The quantitative estimate of drug-likeness (QED) is 0.202. The molecule has 0 fully saturated rings. The fourth-order valence-corrected chi connectivity index (χ4v) is 2.63. The van der Waals surface area contributed by atoms with Crippen LogP contribution in [-0.4, -0.2) is 50.6 Å². The molecule has 0 bridgehead atoms. The normalized spacial score (nSPS) is 9.83. The standard InChI is InChI=1S/C25H26N2O8/c1-3-22(28)32-13-15-34-24(30)26-20-9-5-18(6-10-20)17-19-7-11-21(12-8-19)27-25(31)35-16-14-33-23(29)4-2/h3-12H,1-2,13-17H2,(H,26,30)(H,27,31). The summed E-state index contributed by atoms with van der Waals surface area (Å²) in [6.07, 6.45) is 1.37. The second-order valence-electron chi connectivity index (χ2n) is 6.84. The van der Waals surface area contributed by atoms with Gasteiger partial charge in [0.25, 0.3) is 0 Å². The Bertz CT molecular complexity index is 949. The van der Waals surface area contributed by atoms with Gasteiger partial charge in [-0.05, 0) is 41.8 Å². The molecule has 2 rings (SSSR count). The van der Waals surface area contributed by atoms with Crippen molar-refractivity contribution in [2.75, 3.05) is 37.1 Å². The Morgan fingerprint density at radius 3 is 1.29 bits per heavy atom. The zero-order valence-corrected chi connectivity index (χ0v) is 19.0. The number of carbonyl (C=O) groups is 4. The van der Waals surface area contributed by atoms with E-state index in [1.807, 2.05) is 24.3 Å². The summed E-state index contributed by atoms with van der Waals surface area (Å²) >= 11 is 0. The van der Waals surface area contributed by atoms with Crippen molar-refractivity contribution in [3.8, 4) is 0 Å². The van der Waals surface area contributed by atoms with E-state index in [4.69, 9.17) is 18.9 Å². The van der Waals surface area contributed by atoms with Gasteiger partial charge < -0.3 is 18.9 Å². The van der Waals surface area contributed by atoms with E-state index in [1.54, 1.807) is 24.3 Å². The SMILES string of the molecule is C=CC(=O)OCCOC(=O)Nc1ccc(Cc2ccc(NC(=O)OCCOC(=O)C=C)cc2)cc1. The maximum Gasteiger partial charge on any atom is 0.411 e.